The van der Waals surface area contributed by atoms with E-state index in [1.807, 2.05) is 19.9 Å². The van der Waals surface area contributed by atoms with Crippen molar-refractivity contribution < 1.29 is 24.2 Å². The number of methoxy groups -OCH3 is 1. The van der Waals surface area contributed by atoms with Crippen molar-refractivity contribution in [3.63, 3.8) is 0 Å². The molecule has 33 heavy (non-hydrogen) atoms. The molecule has 1 aromatic heterocycles. The Kier molecular flexibility index (Phi) is 9.08. The standard InChI is InChI=1S/C23H27NO7.C2H6/c1-23(2,10-6-4-5-7-11-30-24(27)28)15-12-19(25)21-18-14-16(29-3)8-9-17(18)22(26)31-20(21)13-15;1-2/h8-9,12-14,25H,4-7,10-11H2,1-3H3;1-2H3. The lowest BCUT2D eigenvalue weighted by Gasteiger charge is -2.26. The Morgan fingerprint density at radius 1 is 1.06 bits per heavy atom. The van der Waals surface area contributed by atoms with E-state index in [1.165, 1.54) is 0 Å². The fourth-order valence-corrected chi connectivity index (χ4v) is 3.84. The maximum Gasteiger partial charge on any atom is 0.344 e. The van der Waals surface area contributed by atoms with Crippen LogP contribution < -0.4 is 10.4 Å². The molecule has 8 heteroatoms. The summed E-state index contributed by atoms with van der Waals surface area (Å²) < 4.78 is 10.8. The normalized spacial score (nSPS) is 11.2. The first kappa shape index (κ1) is 26.0. The molecule has 0 saturated heterocycles. The van der Waals surface area contributed by atoms with Crippen molar-refractivity contribution in [3.05, 3.63) is 56.4 Å². The molecule has 1 heterocycles. The smallest absolute Gasteiger partial charge is 0.344 e. The van der Waals surface area contributed by atoms with Gasteiger partial charge in [-0.05, 0) is 54.2 Å². The lowest BCUT2D eigenvalue weighted by Crippen LogP contribution is -2.17. The largest absolute Gasteiger partial charge is 0.507 e. The maximum atomic E-state index is 12.5. The van der Waals surface area contributed by atoms with E-state index in [1.54, 1.807) is 31.4 Å². The minimum absolute atomic E-state index is 0.0551. The van der Waals surface area contributed by atoms with Crippen LogP contribution in [-0.4, -0.2) is 23.9 Å². The number of phenolic OH excluding ortho intramolecular Hbond substituents is 1. The molecule has 0 aliphatic heterocycles. The van der Waals surface area contributed by atoms with Gasteiger partial charge in [0.05, 0.1) is 24.5 Å². The number of benzene rings is 2. The van der Waals surface area contributed by atoms with E-state index in [0.29, 0.717) is 33.9 Å². The average Bonchev–Trinajstić information content (AvgIpc) is 2.78. The van der Waals surface area contributed by atoms with Gasteiger partial charge in [-0.3, -0.25) is 0 Å². The zero-order valence-electron chi connectivity index (χ0n) is 20.0. The van der Waals surface area contributed by atoms with Gasteiger partial charge in [-0.1, -0.05) is 47.0 Å². The van der Waals surface area contributed by atoms with Gasteiger partial charge in [0.2, 0.25) is 0 Å². The third kappa shape index (κ3) is 6.37. The van der Waals surface area contributed by atoms with Gasteiger partial charge in [0.15, 0.2) is 0 Å². The molecule has 0 aliphatic carbocycles. The Hall–Kier alpha value is -3.29. The van der Waals surface area contributed by atoms with E-state index in [-0.39, 0.29) is 17.8 Å². The molecular formula is C25H33NO7. The van der Waals surface area contributed by atoms with Crippen molar-refractivity contribution in [3.8, 4) is 11.5 Å². The maximum absolute atomic E-state index is 12.5. The van der Waals surface area contributed by atoms with Crippen molar-refractivity contribution in [2.24, 2.45) is 0 Å². The zero-order valence-corrected chi connectivity index (χ0v) is 20.0. The first-order valence-corrected chi connectivity index (χ1v) is 11.3. The first-order chi connectivity index (χ1) is 15.7. The van der Waals surface area contributed by atoms with Crippen LogP contribution in [0.2, 0.25) is 0 Å². The number of fused-ring (bicyclic) bond motifs is 3. The highest BCUT2D eigenvalue weighted by molar-refractivity contribution is 6.08. The molecule has 0 amide bonds. The Morgan fingerprint density at radius 2 is 1.76 bits per heavy atom. The van der Waals surface area contributed by atoms with Crippen LogP contribution in [0.25, 0.3) is 21.7 Å². The molecule has 0 spiro atoms. The topological polar surface area (TPSA) is 112 Å². The predicted octanol–water partition coefficient (Wildman–Crippen LogP) is 6.12. The van der Waals surface area contributed by atoms with Gasteiger partial charge in [-0.25, -0.2) is 4.79 Å². The number of ether oxygens (including phenoxy) is 1. The molecule has 0 saturated carbocycles. The zero-order chi connectivity index (χ0) is 24.6. The van der Waals surface area contributed by atoms with Gasteiger partial charge in [0.25, 0.3) is 5.09 Å². The Labute approximate surface area is 193 Å². The summed E-state index contributed by atoms with van der Waals surface area (Å²) >= 11 is 0. The third-order valence-corrected chi connectivity index (χ3v) is 5.67. The number of hydrogen-bond donors (Lipinski definition) is 1. The second kappa shape index (κ2) is 11.5. The molecule has 1 N–H and O–H groups in total. The van der Waals surface area contributed by atoms with E-state index in [9.17, 15) is 20.0 Å². The summed E-state index contributed by atoms with van der Waals surface area (Å²) in [7, 11) is 1.55. The number of rotatable bonds is 10. The fraction of sp³-hybridized carbons (Fsp3) is 0.480. The van der Waals surface area contributed by atoms with Crippen LogP contribution in [0.5, 0.6) is 11.5 Å². The van der Waals surface area contributed by atoms with Gasteiger partial charge in [0.1, 0.15) is 17.1 Å². The summed E-state index contributed by atoms with van der Waals surface area (Å²) in [4.78, 5) is 26.9. The van der Waals surface area contributed by atoms with Gasteiger partial charge < -0.3 is 19.1 Å². The SMILES string of the molecule is CC.COc1ccc2c(=O)oc3cc(C(C)(C)CCCCCCO[N+](=O)[O-])cc(O)c3c2c1. The predicted molar refractivity (Wildman–Crippen MR) is 129 cm³/mol. The summed E-state index contributed by atoms with van der Waals surface area (Å²) in [5.41, 5.74) is 0.493. The van der Waals surface area contributed by atoms with E-state index in [0.717, 1.165) is 31.2 Å². The Bertz CT molecular complexity index is 1150. The summed E-state index contributed by atoms with van der Waals surface area (Å²) in [5.74, 6) is 0.645. The Morgan fingerprint density at radius 3 is 2.42 bits per heavy atom. The average molecular weight is 460 g/mol. The summed E-state index contributed by atoms with van der Waals surface area (Å²) in [6, 6.07) is 8.59. The second-order valence-electron chi connectivity index (χ2n) is 8.27. The van der Waals surface area contributed by atoms with E-state index in [2.05, 4.69) is 18.7 Å². The molecule has 0 unspecified atom stereocenters. The number of phenols is 1. The highest BCUT2D eigenvalue weighted by atomic mass is 16.9. The lowest BCUT2D eigenvalue weighted by atomic mass is 9.79. The first-order valence-electron chi connectivity index (χ1n) is 11.3. The molecule has 2 aromatic carbocycles. The summed E-state index contributed by atoms with van der Waals surface area (Å²) in [6.45, 7) is 8.27. The number of hydrogen-bond acceptors (Lipinski definition) is 7. The molecule has 0 fully saturated rings. The molecule has 8 nitrogen and oxygen atoms in total. The van der Waals surface area contributed by atoms with Crippen molar-refractivity contribution in [1.82, 2.24) is 0 Å². The lowest BCUT2D eigenvalue weighted by molar-refractivity contribution is -0.757. The summed E-state index contributed by atoms with van der Waals surface area (Å²) in [5, 5.41) is 21.6. The second-order valence-corrected chi connectivity index (χ2v) is 8.27. The van der Waals surface area contributed by atoms with Crippen LogP contribution in [0.4, 0.5) is 0 Å². The van der Waals surface area contributed by atoms with Crippen molar-refractivity contribution in [1.29, 1.82) is 0 Å². The highest BCUT2D eigenvalue weighted by Gasteiger charge is 2.23. The monoisotopic (exact) mass is 459 g/mol. The molecule has 0 atom stereocenters. The van der Waals surface area contributed by atoms with Crippen molar-refractivity contribution in [2.75, 3.05) is 13.7 Å². The minimum atomic E-state index is -0.771. The van der Waals surface area contributed by atoms with Crippen LogP contribution in [0, 0.1) is 10.1 Å². The highest BCUT2D eigenvalue weighted by Crippen LogP contribution is 2.38. The van der Waals surface area contributed by atoms with Gasteiger partial charge >= 0.3 is 5.63 Å². The van der Waals surface area contributed by atoms with E-state index in [4.69, 9.17) is 9.15 Å². The van der Waals surface area contributed by atoms with Crippen LogP contribution in [-0.2, 0) is 10.3 Å². The molecule has 0 aliphatic rings. The summed E-state index contributed by atoms with van der Waals surface area (Å²) in [6.07, 6.45) is 4.17. The fourth-order valence-electron chi connectivity index (χ4n) is 3.84. The van der Waals surface area contributed by atoms with Crippen molar-refractivity contribution >= 4 is 21.7 Å². The van der Waals surface area contributed by atoms with Crippen LogP contribution >= 0.6 is 0 Å². The molecule has 3 rings (SSSR count). The molecule has 3 aromatic rings. The van der Waals surface area contributed by atoms with Crippen molar-refractivity contribution in [2.45, 2.75) is 65.2 Å². The van der Waals surface area contributed by atoms with Crippen LogP contribution in [0.3, 0.4) is 0 Å². The van der Waals surface area contributed by atoms with E-state index >= 15 is 0 Å². The van der Waals surface area contributed by atoms with E-state index < -0.39 is 10.7 Å². The van der Waals surface area contributed by atoms with Crippen LogP contribution in [0.15, 0.2) is 39.5 Å². The molecule has 180 valence electrons. The van der Waals surface area contributed by atoms with Gasteiger partial charge in [0, 0.05) is 5.39 Å². The number of unbranched alkanes of at least 4 members (excludes halogenated alkanes) is 3. The molecule has 0 bridgehead atoms. The minimum Gasteiger partial charge on any atom is -0.507 e. The Balaban J connectivity index is 0.00000187. The molecular weight excluding hydrogens is 426 g/mol. The number of nitrogens with zero attached hydrogens (tertiary/aromatic N) is 1. The van der Waals surface area contributed by atoms with Gasteiger partial charge in [-0.2, -0.15) is 0 Å². The van der Waals surface area contributed by atoms with Crippen LogP contribution in [0.1, 0.15) is 65.4 Å². The quantitative estimate of drug-likeness (QED) is 0.128. The molecule has 0 radical (unpaired) electrons. The van der Waals surface area contributed by atoms with Gasteiger partial charge in [-0.15, -0.1) is 10.1 Å². The number of aromatic hydroxyl groups is 1. The third-order valence-electron chi connectivity index (χ3n) is 5.67.